The van der Waals surface area contributed by atoms with Crippen LogP contribution in [0.3, 0.4) is 0 Å². The van der Waals surface area contributed by atoms with Crippen LogP contribution in [0.5, 0.6) is 0 Å². The van der Waals surface area contributed by atoms with Gasteiger partial charge in [0.05, 0.1) is 12.7 Å². The van der Waals surface area contributed by atoms with Crippen molar-refractivity contribution in [3.05, 3.63) is 0 Å². The van der Waals surface area contributed by atoms with E-state index < -0.39 is 42.1 Å². The first-order valence-corrected chi connectivity index (χ1v) is 5.18. The molecule has 7 nitrogen and oxygen atoms in total. The number of carbonyl (C=O) groups is 2. The van der Waals surface area contributed by atoms with Crippen molar-refractivity contribution in [3.8, 4) is 0 Å². The van der Waals surface area contributed by atoms with Crippen LogP contribution in [0.1, 0.15) is 20.8 Å². The molecule has 5 N–H and O–H groups in total. The quantitative estimate of drug-likeness (QED) is 0.382. The summed E-state index contributed by atoms with van der Waals surface area (Å²) in [4.78, 5) is 22.3. The Morgan fingerprint density at radius 1 is 1.29 bits per heavy atom. The molecule has 0 aliphatic carbocycles. The van der Waals surface area contributed by atoms with E-state index in [4.69, 9.17) is 10.2 Å². The van der Waals surface area contributed by atoms with Crippen LogP contribution >= 0.6 is 0 Å². The number of rotatable bonds is 6. The van der Waals surface area contributed by atoms with Gasteiger partial charge in [-0.25, -0.2) is 4.79 Å². The zero-order valence-electron chi connectivity index (χ0n) is 10.0. The van der Waals surface area contributed by atoms with E-state index in [1.54, 1.807) is 0 Å². The van der Waals surface area contributed by atoms with Gasteiger partial charge in [-0.2, -0.15) is 0 Å². The van der Waals surface area contributed by atoms with Gasteiger partial charge in [-0.1, -0.05) is 6.92 Å². The first-order valence-electron chi connectivity index (χ1n) is 5.18. The normalized spacial score (nSPS) is 19.9. The molecule has 0 saturated carbocycles. The minimum atomic E-state index is -1.85. The SMILES string of the molecule is C[C@H]([C@@H](C)O)[C@@H](O)C(=O)N[C@@](C)(CO)C(=O)O. The molecule has 0 saturated heterocycles. The summed E-state index contributed by atoms with van der Waals surface area (Å²) in [5.74, 6) is -3.10. The Hall–Kier alpha value is -1.18. The summed E-state index contributed by atoms with van der Waals surface area (Å²) >= 11 is 0. The van der Waals surface area contributed by atoms with Crippen molar-refractivity contribution >= 4 is 11.9 Å². The van der Waals surface area contributed by atoms with Crippen LogP contribution in [-0.4, -0.2) is 56.7 Å². The Labute approximate surface area is 99.1 Å². The molecule has 1 amide bonds. The predicted octanol–water partition coefficient (Wildman–Crippen LogP) is -1.68. The second-order valence-electron chi connectivity index (χ2n) is 4.33. The highest BCUT2D eigenvalue weighted by atomic mass is 16.4. The van der Waals surface area contributed by atoms with Crippen molar-refractivity contribution in [1.29, 1.82) is 0 Å². The van der Waals surface area contributed by atoms with Gasteiger partial charge in [-0.15, -0.1) is 0 Å². The Morgan fingerprint density at radius 2 is 1.76 bits per heavy atom. The number of nitrogens with one attached hydrogen (secondary N) is 1. The third kappa shape index (κ3) is 3.95. The van der Waals surface area contributed by atoms with Crippen LogP contribution in [0, 0.1) is 5.92 Å². The smallest absolute Gasteiger partial charge is 0.331 e. The van der Waals surface area contributed by atoms with Crippen molar-refractivity contribution in [1.82, 2.24) is 5.32 Å². The van der Waals surface area contributed by atoms with Gasteiger partial charge in [0.25, 0.3) is 0 Å². The molecule has 100 valence electrons. The van der Waals surface area contributed by atoms with Gasteiger partial charge in [-0.3, -0.25) is 4.79 Å². The van der Waals surface area contributed by atoms with Crippen LogP contribution in [0.2, 0.25) is 0 Å². The molecule has 0 aromatic carbocycles. The Kier molecular flexibility index (Phi) is 5.53. The maximum atomic E-state index is 11.5. The van der Waals surface area contributed by atoms with Gasteiger partial charge < -0.3 is 25.7 Å². The summed E-state index contributed by atoms with van der Waals surface area (Å²) in [5.41, 5.74) is -1.85. The monoisotopic (exact) mass is 249 g/mol. The number of aliphatic hydroxyl groups is 3. The topological polar surface area (TPSA) is 127 Å². The van der Waals surface area contributed by atoms with E-state index in [-0.39, 0.29) is 0 Å². The van der Waals surface area contributed by atoms with Crippen molar-refractivity contribution in [2.75, 3.05) is 6.61 Å². The van der Waals surface area contributed by atoms with E-state index in [1.807, 2.05) is 5.32 Å². The highest BCUT2D eigenvalue weighted by molar-refractivity contribution is 5.89. The maximum absolute atomic E-state index is 11.5. The average Bonchev–Trinajstić information content (AvgIpc) is 2.26. The number of carboxylic acid groups (broad SMARTS) is 1. The fourth-order valence-electron chi connectivity index (χ4n) is 1.01. The Balaban J connectivity index is 4.69. The number of amides is 1. The zero-order valence-corrected chi connectivity index (χ0v) is 10.0. The van der Waals surface area contributed by atoms with Gasteiger partial charge >= 0.3 is 5.97 Å². The summed E-state index contributed by atoms with van der Waals surface area (Å²) in [6, 6.07) is 0. The third-order valence-electron chi connectivity index (χ3n) is 2.71. The summed E-state index contributed by atoms with van der Waals surface area (Å²) in [5, 5.41) is 38.5. The second kappa shape index (κ2) is 5.95. The van der Waals surface area contributed by atoms with Crippen molar-refractivity contribution in [3.63, 3.8) is 0 Å². The lowest BCUT2D eigenvalue weighted by Crippen LogP contribution is -2.58. The lowest BCUT2D eigenvalue weighted by Gasteiger charge is -2.27. The number of hydrogen-bond acceptors (Lipinski definition) is 5. The lowest BCUT2D eigenvalue weighted by atomic mass is 9.96. The molecule has 0 aromatic rings. The Morgan fingerprint density at radius 3 is 2.06 bits per heavy atom. The maximum Gasteiger partial charge on any atom is 0.331 e. The zero-order chi connectivity index (χ0) is 13.8. The standard InChI is InChI=1S/C10H19NO6/c1-5(6(2)13)7(14)8(15)11-10(3,4-12)9(16)17/h5-7,12-14H,4H2,1-3H3,(H,11,15)(H,16,17)/t5-,6-,7-,10+/m1/s1. The number of aliphatic hydroxyl groups excluding tert-OH is 3. The fraction of sp³-hybridized carbons (Fsp3) is 0.800. The molecule has 0 bridgehead atoms. The molecule has 0 aliphatic rings. The third-order valence-corrected chi connectivity index (χ3v) is 2.71. The first kappa shape index (κ1) is 15.8. The molecule has 0 rings (SSSR count). The Bertz CT molecular complexity index is 293. The highest BCUT2D eigenvalue weighted by Gasteiger charge is 2.37. The molecular weight excluding hydrogens is 230 g/mol. The molecule has 0 fully saturated rings. The highest BCUT2D eigenvalue weighted by Crippen LogP contribution is 2.11. The molecule has 0 radical (unpaired) electrons. The summed E-state index contributed by atoms with van der Waals surface area (Å²) < 4.78 is 0. The molecular formula is C10H19NO6. The van der Waals surface area contributed by atoms with Crippen LogP contribution in [0.15, 0.2) is 0 Å². The molecule has 17 heavy (non-hydrogen) atoms. The van der Waals surface area contributed by atoms with Crippen molar-refractivity contribution < 1.29 is 30.0 Å². The summed E-state index contributed by atoms with van der Waals surface area (Å²) in [6.45, 7) is 3.17. The predicted molar refractivity (Wildman–Crippen MR) is 58.1 cm³/mol. The van der Waals surface area contributed by atoms with E-state index in [0.717, 1.165) is 6.92 Å². The van der Waals surface area contributed by atoms with E-state index >= 15 is 0 Å². The minimum absolute atomic E-state index is 0.744. The molecule has 4 atom stereocenters. The van der Waals surface area contributed by atoms with Crippen molar-refractivity contribution in [2.45, 2.75) is 38.5 Å². The number of hydrogen-bond donors (Lipinski definition) is 5. The first-order chi connectivity index (χ1) is 7.65. The van der Waals surface area contributed by atoms with Gasteiger partial charge in [-0.05, 0) is 13.8 Å². The molecule has 7 heteroatoms. The largest absolute Gasteiger partial charge is 0.479 e. The molecule has 0 aliphatic heterocycles. The molecule has 0 aromatic heterocycles. The molecule has 0 unspecified atom stereocenters. The molecule has 0 heterocycles. The summed E-state index contributed by atoms with van der Waals surface area (Å²) in [7, 11) is 0. The summed E-state index contributed by atoms with van der Waals surface area (Å²) in [6.07, 6.45) is -2.46. The lowest BCUT2D eigenvalue weighted by molar-refractivity contribution is -0.151. The number of carbonyl (C=O) groups excluding carboxylic acids is 1. The fourth-order valence-corrected chi connectivity index (χ4v) is 1.01. The van der Waals surface area contributed by atoms with Gasteiger partial charge in [0.2, 0.25) is 5.91 Å². The van der Waals surface area contributed by atoms with E-state index in [1.165, 1.54) is 13.8 Å². The van der Waals surface area contributed by atoms with Crippen LogP contribution < -0.4 is 5.32 Å². The van der Waals surface area contributed by atoms with Gasteiger partial charge in [0.1, 0.15) is 6.10 Å². The van der Waals surface area contributed by atoms with Crippen LogP contribution in [-0.2, 0) is 9.59 Å². The van der Waals surface area contributed by atoms with E-state index in [0.29, 0.717) is 0 Å². The van der Waals surface area contributed by atoms with Gasteiger partial charge in [0.15, 0.2) is 5.54 Å². The second-order valence-corrected chi connectivity index (χ2v) is 4.33. The van der Waals surface area contributed by atoms with Crippen LogP contribution in [0.4, 0.5) is 0 Å². The number of carboxylic acids is 1. The van der Waals surface area contributed by atoms with E-state index in [2.05, 4.69) is 0 Å². The van der Waals surface area contributed by atoms with Crippen molar-refractivity contribution in [2.24, 2.45) is 5.92 Å². The number of aliphatic carboxylic acids is 1. The minimum Gasteiger partial charge on any atom is -0.479 e. The molecule has 0 spiro atoms. The van der Waals surface area contributed by atoms with E-state index in [9.17, 15) is 19.8 Å². The van der Waals surface area contributed by atoms with Crippen LogP contribution in [0.25, 0.3) is 0 Å². The van der Waals surface area contributed by atoms with Gasteiger partial charge in [0, 0.05) is 5.92 Å². The average molecular weight is 249 g/mol.